The third kappa shape index (κ3) is 2.92. The summed E-state index contributed by atoms with van der Waals surface area (Å²) in [5, 5.41) is 8.96. The number of phenols is 1. The van der Waals surface area contributed by atoms with E-state index in [0.29, 0.717) is 18.2 Å². The van der Waals surface area contributed by atoms with Crippen molar-refractivity contribution in [1.82, 2.24) is 4.90 Å². The Morgan fingerprint density at radius 2 is 1.81 bits per heavy atom. The molecule has 1 aromatic carbocycles. The number of hydrogen-bond donors (Lipinski definition) is 1. The van der Waals surface area contributed by atoms with E-state index in [0.717, 1.165) is 18.6 Å². The van der Waals surface area contributed by atoms with E-state index in [1.807, 2.05) is 18.9 Å². The summed E-state index contributed by atoms with van der Waals surface area (Å²) in [6.45, 7) is 4.56. The van der Waals surface area contributed by atoms with Crippen molar-refractivity contribution in [3.05, 3.63) is 29.3 Å². The molecule has 0 aliphatic rings. The minimum atomic E-state index is -0.910. The number of benzene rings is 1. The molecule has 16 heavy (non-hydrogen) atoms. The van der Waals surface area contributed by atoms with Gasteiger partial charge >= 0.3 is 0 Å². The van der Waals surface area contributed by atoms with Crippen molar-refractivity contribution in [2.75, 3.05) is 7.05 Å². The quantitative estimate of drug-likeness (QED) is 0.858. The van der Waals surface area contributed by atoms with E-state index in [1.165, 1.54) is 0 Å². The molecule has 0 aliphatic heterocycles. The lowest BCUT2D eigenvalue weighted by molar-refractivity contribution is 0.243. The summed E-state index contributed by atoms with van der Waals surface area (Å²) in [6.07, 6.45) is 0.972. The van der Waals surface area contributed by atoms with Gasteiger partial charge in [0.25, 0.3) is 0 Å². The first-order chi connectivity index (χ1) is 7.45. The summed E-state index contributed by atoms with van der Waals surface area (Å²) < 4.78 is 26.1. The van der Waals surface area contributed by atoms with Gasteiger partial charge < -0.3 is 5.11 Å². The van der Waals surface area contributed by atoms with E-state index in [2.05, 4.69) is 6.92 Å². The smallest absolute Gasteiger partial charge is 0.187 e. The van der Waals surface area contributed by atoms with Gasteiger partial charge in [0.15, 0.2) is 17.4 Å². The molecule has 0 heterocycles. The van der Waals surface area contributed by atoms with Crippen LogP contribution in [0.2, 0.25) is 0 Å². The van der Waals surface area contributed by atoms with Crippen LogP contribution in [0.5, 0.6) is 5.75 Å². The van der Waals surface area contributed by atoms with Gasteiger partial charge in [-0.1, -0.05) is 6.92 Å². The molecular formula is C12H17F2NO. The minimum absolute atomic E-state index is 0.347. The highest BCUT2D eigenvalue weighted by molar-refractivity contribution is 5.29. The van der Waals surface area contributed by atoms with Crippen LogP contribution in [-0.2, 0) is 6.54 Å². The summed E-state index contributed by atoms with van der Waals surface area (Å²) in [5.41, 5.74) is 0.524. The van der Waals surface area contributed by atoms with Crippen LogP contribution in [0.25, 0.3) is 0 Å². The number of halogens is 2. The van der Waals surface area contributed by atoms with Gasteiger partial charge in [-0.05, 0) is 38.1 Å². The molecule has 1 unspecified atom stereocenters. The van der Waals surface area contributed by atoms with Crippen LogP contribution in [0.1, 0.15) is 25.8 Å². The second-order valence-corrected chi connectivity index (χ2v) is 4.08. The zero-order chi connectivity index (χ0) is 12.3. The maximum atomic E-state index is 13.1. The third-order valence-electron chi connectivity index (χ3n) is 2.85. The van der Waals surface area contributed by atoms with Gasteiger partial charge in [0.1, 0.15) is 0 Å². The van der Waals surface area contributed by atoms with Crippen LogP contribution < -0.4 is 0 Å². The lowest BCUT2D eigenvalue weighted by Crippen LogP contribution is -2.27. The van der Waals surface area contributed by atoms with Gasteiger partial charge in [-0.25, -0.2) is 8.78 Å². The summed E-state index contributed by atoms with van der Waals surface area (Å²) >= 11 is 0. The minimum Gasteiger partial charge on any atom is -0.503 e. The monoisotopic (exact) mass is 229 g/mol. The van der Waals surface area contributed by atoms with E-state index < -0.39 is 17.4 Å². The molecule has 2 nitrogen and oxygen atoms in total. The largest absolute Gasteiger partial charge is 0.503 e. The predicted molar refractivity (Wildman–Crippen MR) is 59.2 cm³/mol. The fraction of sp³-hybridized carbons (Fsp3) is 0.500. The molecule has 0 saturated heterocycles. The van der Waals surface area contributed by atoms with E-state index in [1.54, 1.807) is 0 Å². The molecule has 0 fully saturated rings. The second-order valence-electron chi connectivity index (χ2n) is 4.08. The van der Waals surface area contributed by atoms with E-state index in [9.17, 15) is 8.78 Å². The lowest BCUT2D eigenvalue weighted by atomic mass is 10.1. The van der Waals surface area contributed by atoms with Crippen molar-refractivity contribution in [3.63, 3.8) is 0 Å². The van der Waals surface area contributed by atoms with Crippen molar-refractivity contribution in [1.29, 1.82) is 0 Å². The summed E-state index contributed by atoms with van der Waals surface area (Å²) in [6, 6.07) is 2.68. The highest BCUT2D eigenvalue weighted by Gasteiger charge is 2.12. The van der Waals surface area contributed by atoms with Gasteiger partial charge in [0, 0.05) is 12.6 Å². The first-order valence-electron chi connectivity index (χ1n) is 5.32. The van der Waals surface area contributed by atoms with Crippen LogP contribution in [0.4, 0.5) is 8.78 Å². The number of phenolic OH excluding ortho intramolecular Hbond substituents is 1. The van der Waals surface area contributed by atoms with Crippen LogP contribution in [0.3, 0.4) is 0 Å². The predicted octanol–water partition coefficient (Wildman–Crippen LogP) is 2.90. The fourth-order valence-corrected chi connectivity index (χ4v) is 1.46. The van der Waals surface area contributed by atoms with Crippen LogP contribution in [0.15, 0.2) is 12.1 Å². The van der Waals surface area contributed by atoms with Gasteiger partial charge in [-0.2, -0.15) is 0 Å². The number of rotatable bonds is 4. The molecule has 0 spiro atoms. The SMILES string of the molecule is CCC(C)N(C)Cc1cc(F)c(O)c(F)c1. The molecule has 0 saturated carbocycles. The van der Waals surface area contributed by atoms with Crippen molar-refractivity contribution in [2.24, 2.45) is 0 Å². The normalized spacial score (nSPS) is 13.1. The first-order valence-corrected chi connectivity index (χ1v) is 5.32. The lowest BCUT2D eigenvalue weighted by Gasteiger charge is -2.23. The summed E-state index contributed by atoms with van der Waals surface area (Å²) in [7, 11) is 1.90. The molecule has 0 aliphatic carbocycles. The molecule has 1 aromatic rings. The Kier molecular flexibility index (Phi) is 4.24. The standard InChI is InChI=1S/C12H17F2NO/c1-4-8(2)15(3)7-9-5-10(13)12(16)11(14)6-9/h5-6,8,16H,4,7H2,1-3H3. The average Bonchev–Trinajstić information content (AvgIpc) is 2.24. The van der Waals surface area contributed by atoms with Crippen LogP contribution >= 0.6 is 0 Å². The maximum absolute atomic E-state index is 13.1. The zero-order valence-electron chi connectivity index (χ0n) is 9.80. The second kappa shape index (κ2) is 5.25. The molecule has 0 radical (unpaired) electrons. The fourth-order valence-electron chi connectivity index (χ4n) is 1.46. The van der Waals surface area contributed by atoms with Crippen molar-refractivity contribution in [2.45, 2.75) is 32.9 Å². The van der Waals surface area contributed by atoms with Gasteiger partial charge in [-0.15, -0.1) is 0 Å². The highest BCUT2D eigenvalue weighted by Crippen LogP contribution is 2.22. The van der Waals surface area contributed by atoms with Gasteiger partial charge in [0.2, 0.25) is 0 Å². The summed E-state index contributed by atoms with van der Waals surface area (Å²) in [4.78, 5) is 2.01. The molecular weight excluding hydrogens is 212 g/mol. The van der Waals surface area contributed by atoms with Gasteiger partial charge in [0.05, 0.1) is 0 Å². The van der Waals surface area contributed by atoms with Crippen LogP contribution in [0, 0.1) is 11.6 Å². The Hall–Kier alpha value is -1.16. The Morgan fingerprint density at radius 1 is 1.31 bits per heavy atom. The van der Waals surface area contributed by atoms with Crippen molar-refractivity contribution >= 4 is 0 Å². The molecule has 4 heteroatoms. The Labute approximate surface area is 94.5 Å². The molecule has 1 rings (SSSR count). The number of aromatic hydroxyl groups is 1. The van der Waals surface area contributed by atoms with Gasteiger partial charge in [-0.3, -0.25) is 4.90 Å². The highest BCUT2D eigenvalue weighted by atomic mass is 19.1. The molecule has 0 bridgehead atoms. The Balaban J connectivity index is 2.82. The number of nitrogens with zero attached hydrogens (tertiary/aromatic N) is 1. The molecule has 0 amide bonds. The third-order valence-corrected chi connectivity index (χ3v) is 2.85. The molecule has 1 N–H and O–H groups in total. The zero-order valence-corrected chi connectivity index (χ0v) is 9.80. The van der Waals surface area contributed by atoms with E-state index >= 15 is 0 Å². The molecule has 1 atom stereocenters. The molecule has 90 valence electrons. The Bertz CT molecular complexity index is 345. The van der Waals surface area contributed by atoms with E-state index in [-0.39, 0.29) is 0 Å². The topological polar surface area (TPSA) is 23.5 Å². The average molecular weight is 229 g/mol. The van der Waals surface area contributed by atoms with E-state index in [4.69, 9.17) is 5.11 Å². The Morgan fingerprint density at radius 3 is 2.25 bits per heavy atom. The van der Waals surface area contributed by atoms with Crippen LogP contribution in [-0.4, -0.2) is 23.1 Å². The number of hydrogen-bond acceptors (Lipinski definition) is 2. The molecule has 0 aromatic heterocycles. The van der Waals surface area contributed by atoms with Crippen molar-refractivity contribution < 1.29 is 13.9 Å². The summed E-state index contributed by atoms with van der Waals surface area (Å²) in [5.74, 6) is -2.73. The maximum Gasteiger partial charge on any atom is 0.187 e. The van der Waals surface area contributed by atoms with Crippen molar-refractivity contribution in [3.8, 4) is 5.75 Å². The first kappa shape index (κ1) is 12.9.